The number of piperazine rings is 1. The van der Waals surface area contributed by atoms with E-state index in [1.807, 2.05) is 31.4 Å². The highest BCUT2D eigenvalue weighted by Crippen LogP contribution is 2.14. The molecule has 1 aliphatic rings. The number of esters is 1. The molecule has 0 atom stereocenters. The summed E-state index contributed by atoms with van der Waals surface area (Å²) in [7, 11) is 0. The molecule has 1 aliphatic heterocycles. The molecule has 7 heteroatoms. The molecule has 6 nitrogen and oxygen atoms in total. The average molecular weight is 386 g/mol. The van der Waals surface area contributed by atoms with E-state index in [9.17, 15) is 14.4 Å². The van der Waals surface area contributed by atoms with Crippen molar-refractivity contribution < 1.29 is 19.1 Å². The van der Waals surface area contributed by atoms with Gasteiger partial charge in [-0.1, -0.05) is 12.1 Å². The summed E-state index contributed by atoms with van der Waals surface area (Å²) in [4.78, 5) is 40.8. The van der Waals surface area contributed by atoms with E-state index in [2.05, 4.69) is 0 Å². The zero-order valence-electron chi connectivity index (χ0n) is 15.4. The minimum atomic E-state index is -0.502. The first-order valence-corrected chi connectivity index (χ1v) is 9.68. The van der Waals surface area contributed by atoms with Crippen molar-refractivity contribution in [1.29, 1.82) is 0 Å². The van der Waals surface area contributed by atoms with Crippen LogP contribution in [-0.2, 0) is 9.53 Å². The molecule has 0 radical (unpaired) electrons. The van der Waals surface area contributed by atoms with Crippen LogP contribution in [0.15, 0.2) is 35.7 Å². The first kappa shape index (κ1) is 19.1. The highest BCUT2D eigenvalue weighted by atomic mass is 32.1. The summed E-state index contributed by atoms with van der Waals surface area (Å²) in [5.41, 5.74) is 2.54. The Labute approximate surface area is 162 Å². The van der Waals surface area contributed by atoms with Crippen LogP contribution in [0.2, 0.25) is 0 Å². The molecule has 142 valence electrons. The van der Waals surface area contributed by atoms with Gasteiger partial charge < -0.3 is 14.5 Å². The van der Waals surface area contributed by atoms with Crippen LogP contribution in [-0.4, -0.2) is 60.4 Å². The number of hydrogen-bond acceptors (Lipinski definition) is 5. The van der Waals surface area contributed by atoms with E-state index < -0.39 is 5.97 Å². The van der Waals surface area contributed by atoms with Crippen molar-refractivity contribution >= 4 is 29.1 Å². The van der Waals surface area contributed by atoms with Crippen LogP contribution >= 0.6 is 11.3 Å². The summed E-state index contributed by atoms with van der Waals surface area (Å²) in [6.45, 7) is 5.45. The number of hydrogen-bond donors (Lipinski definition) is 0. The lowest BCUT2D eigenvalue weighted by atomic mass is 10.1. The minimum Gasteiger partial charge on any atom is -0.452 e. The number of carbonyl (C=O) groups is 3. The second kappa shape index (κ2) is 8.35. The third-order valence-electron chi connectivity index (χ3n) is 4.72. The summed E-state index contributed by atoms with van der Waals surface area (Å²) >= 11 is 1.41. The molecule has 3 rings (SSSR count). The Morgan fingerprint density at radius 2 is 1.70 bits per heavy atom. The van der Waals surface area contributed by atoms with Gasteiger partial charge in [0.15, 0.2) is 6.61 Å². The van der Waals surface area contributed by atoms with Crippen LogP contribution in [0.1, 0.15) is 31.2 Å². The van der Waals surface area contributed by atoms with Crippen LogP contribution in [0.5, 0.6) is 0 Å². The van der Waals surface area contributed by atoms with Crippen molar-refractivity contribution in [2.24, 2.45) is 0 Å². The number of ether oxygens (including phenoxy) is 1. The second-order valence-corrected chi connectivity index (χ2v) is 7.47. The number of carbonyl (C=O) groups excluding carboxylic acids is 3. The zero-order chi connectivity index (χ0) is 19.4. The van der Waals surface area contributed by atoms with Gasteiger partial charge in [0.2, 0.25) is 0 Å². The lowest BCUT2D eigenvalue weighted by Gasteiger charge is -2.34. The fourth-order valence-corrected chi connectivity index (χ4v) is 3.58. The molecule has 2 amide bonds. The molecule has 0 spiro atoms. The summed E-state index contributed by atoms with van der Waals surface area (Å²) < 4.78 is 5.16. The van der Waals surface area contributed by atoms with Gasteiger partial charge in [0.1, 0.15) is 0 Å². The van der Waals surface area contributed by atoms with Crippen LogP contribution in [0, 0.1) is 13.8 Å². The molecule has 0 N–H and O–H groups in total. The van der Waals surface area contributed by atoms with Gasteiger partial charge in [-0.3, -0.25) is 9.59 Å². The summed E-state index contributed by atoms with van der Waals surface area (Å²) in [6, 6.07) is 8.97. The summed E-state index contributed by atoms with van der Waals surface area (Å²) in [5.74, 6) is -0.744. The van der Waals surface area contributed by atoms with Gasteiger partial charge in [-0.2, -0.15) is 0 Å². The number of thiophene rings is 1. The molecular weight excluding hydrogens is 364 g/mol. The molecule has 0 unspecified atom stereocenters. The van der Waals surface area contributed by atoms with E-state index in [0.717, 1.165) is 11.1 Å². The van der Waals surface area contributed by atoms with Gasteiger partial charge >= 0.3 is 5.97 Å². The van der Waals surface area contributed by atoms with Crippen LogP contribution in [0.4, 0.5) is 0 Å². The molecule has 1 aromatic heterocycles. The molecule has 0 bridgehead atoms. The molecule has 1 aromatic carbocycles. The minimum absolute atomic E-state index is 0.00160. The first-order valence-electron chi connectivity index (χ1n) is 8.80. The van der Waals surface area contributed by atoms with Crippen molar-refractivity contribution in [3.63, 3.8) is 0 Å². The smallest absolute Gasteiger partial charge is 0.338 e. The lowest BCUT2D eigenvalue weighted by molar-refractivity contribution is -0.136. The first-order chi connectivity index (χ1) is 13.0. The predicted octanol–water partition coefficient (Wildman–Crippen LogP) is 2.51. The Bertz CT molecular complexity index is 840. The van der Waals surface area contributed by atoms with Gasteiger partial charge in [0.05, 0.1) is 10.4 Å². The molecule has 0 saturated carbocycles. The van der Waals surface area contributed by atoms with Crippen LogP contribution in [0.3, 0.4) is 0 Å². The van der Waals surface area contributed by atoms with Crippen LogP contribution in [0.25, 0.3) is 0 Å². The largest absolute Gasteiger partial charge is 0.452 e. The average Bonchev–Trinajstić information content (AvgIpc) is 3.22. The van der Waals surface area contributed by atoms with Gasteiger partial charge in [-0.05, 0) is 48.6 Å². The van der Waals surface area contributed by atoms with E-state index >= 15 is 0 Å². The lowest BCUT2D eigenvalue weighted by Crippen LogP contribution is -2.51. The van der Waals surface area contributed by atoms with Gasteiger partial charge in [0, 0.05) is 26.2 Å². The number of amides is 2. The zero-order valence-corrected chi connectivity index (χ0v) is 16.3. The standard InChI is InChI=1S/C20H22N2O4S/c1-14-5-6-16(12-15(14)2)20(25)26-13-18(23)21-7-9-22(10-8-21)19(24)17-4-3-11-27-17/h3-6,11-12H,7-10,13H2,1-2H3. The number of benzene rings is 1. The van der Waals surface area contributed by atoms with E-state index in [1.54, 1.807) is 28.0 Å². The number of nitrogens with zero attached hydrogens (tertiary/aromatic N) is 2. The number of rotatable bonds is 4. The van der Waals surface area contributed by atoms with E-state index in [-0.39, 0.29) is 18.4 Å². The van der Waals surface area contributed by atoms with Crippen molar-refractivity contribution in [2.45, 2.75) is 13.8 Å². The van der Waals surface area contributed by atoms with E-state index in [4.69, 9.17) is 4.74 Å². The van der Waals surface area contributed by atoms with Gasteiger partial charge in [-0.25, -0.2) is 4.79 Å². The molecule has 1 saturated heterocycles. The van der Waals surface area contributed by atoms with Crippen molar-refractivity contribution in [3.8, 4) is 0 Å². The Balaban J connectivity index is 1.47. The highest BCUT2D eigenvalue weighted by Gasteiger charge is 2.25. The Morgan fingerprint density at radius 3 is 2.33 bits per heavy atom. The van der Waals surface area contributed by atoms with Crippen molar-refractivity contribution in [2.75, 3.05) is 32.8 Å². The predicted molar refractivity (Wildman–Crippen MR) is 103 cm³/mol. The van der Waals surface area contributed by atoms with Crippen LogP contribution < -0.4 is 0 Å². The SMILES string of the molecule is Cc1ccc(C(=O)OCC(=O)N2CCN(C(=O)c3cccs3)CC2)cc1C. The van der Waals surface area contributed by atoms with Gasteiger partial charge in [0.25, 0.3) is 11.8 Å². The quantitative estimate of drug-likeness (QED) is 0.758. The fourth-order valence-electron chi connectivity index (χ4n) is 2.89. The van der Waals surface area contributed by atoms with Gasteiger partial charge in [-0.15, -0.1) is 11.3 Å². The van der Waals surface area contributed by atoms with E-state index in [0.29, 0.717) is 36.6 Å². The molecule has 2 heterocycles. The maximum atomic E-state index is 12.3. The Morgan fingerprint density at radius 1 is 1.00 bits per heavy atom. The highest BCUT2D eigenvalue weighted by molar-refractivity contribution is 7.12. The third kappa shape index (κ3) is 4.54. The topological polar surface area (TPSA) is 66.9 Å². The maximum Gasteiger partial charge on any atom is 0.338 e. The third-order valence-corrected chi connectivity index (χ3v) is 5.58. The maximum absolute atomic E-state index is 12.3. The molecule has 27 heavy (non-hydrogen) atoms. The Hall–Kier alpha value is -2.67. The monoisotopic (exact) mass is 386 g/mol. The summed E-state index contributed by atoms with van der Waals surface area (Å²) in [6.07, 6.45) is 0. The van der Waals surface area contributed by atoms with Crippen molar-refractivity contribution in [3.05, 3.63) is 57.3 Å². The van der Waals surface area contributed by atoms with E-state index in [1.165, 1.54) is 11.3 Å². The Kier molecular flexibility index (Phi) is 5.91. The molecule has 0 aliphatic carbocycles. The second-order valence-electron chi connectivity index (χ2n) is 6.53. The fraction of sp³-hybridized carbons (Fsp3) is 0.350. The normalized spacial score (nSPS) is 14.1. The molecule has 1 fully saturated rings. The number of aryl methyl sites for hydroxylation is 2. The van der Waals surface area contributed by atoms with Crippen molar-refractivity contribution in [1.82, 2.24) is 9.80 Å². The summed E-state index contributed by atoms with van der Waals surface area (Å²) in [5, 5.41) is 1.87. The molecular formula is C20H22N2O4S. The molecule has 2 aromatic rings.